The second-order valence-corrected chi connectivity index (χ2v) is 5.90. The van der Waals surface area contributed by atoms with Gasteiger partial charge in [-0.2, -0.15) is 0 Å². The molecule has 0 bridgehead atoms. The largest absolute Gasteiger partial charge is 0.478 e. The molecule has 0 saturated carbocycles. The highest BCUT2D eigenvalue weighted by Gasteiger charge is 2.15. The summed E-state index contributed by atoms with van der Waals surface area (Å²) in [7, 11) is 0. The van der Waals surface area contributed by atoms with Gasteiger partial charge in [-0.25, -0.2) is 9.78 Å². The van der Waals surface area contributed by atoms with Crippen LogP contribution in [0.15, 0.2) is 73.1 Å². The third kappa shape index (κ3) is 2.48. The van der Waals surface area contributed by atoms with Crippen LogP contribution in [-0.4, -0.2) is 20.6 Å². The van der Waals surface area contributed by atoms with E-state index in [9.17, 15) is 9.90 Å². The minimum atomic E-state index is -0.923. The highest BCUT2D eigenvalue weighted by molar-refractivity contribution is 5.96. The van der Waals surface area contributed by atoms with Crippen LogP contribution >= 0.6 is 0 Å². The molecule has 0 aliphatic carbocycles. The van der Waals surface area contributed by atoms with Crippen molar-refractivity contribution in [2.45, 2.75) is 6.92 Å². The molecule has 0 amide bonds. The van der Waals surface area contributed by atoms with Crippen molar-refractivity contribution < 1.29 is 9.90 Å². The highest BCUT2D eigenvalue weighted by atomic mass is 16.4. The van der Waals surface area contributed by atoms with Crippen LogP contribution in [0.1, 0.15) is 15.9 Å². The van der Waals surface area contributed by atoms with Gasteiger partial charge in [-0.15, -0.1) is 0 Å². The number of nitrogens with zero attached hydrogens (tertiary/aromatic N) is 2. The molecule has 122 valence electrons. The number of rotatable bonds is 3. The Kier molecular flexibility index (Phi) is 3.58. The van der Waals surface area contributed by atoms with Gasteiger partial charge in [-0.3, -0.25) is 4.57 Å². The fourth-order valence-corrected chi connectivity index (χ4v) is 3.23. The summed E-state index contributed by atoms with van der Waals surface area (Å²) >= 11 is 0. The van der Waals surface area contributed by atoms with E-state index in [4.69, 9.17) is 0 Å². The molecule has 0 radical (unpaired) electrons. The predicted molar refractivity (Wildman–Crippen MR) is 98.2 cm³/mol. The Labute approximate surface area is 145 Å². The van der Waals surface area contributed by atoms with E-state index < -0.39 is 5.97 Å². The molecule has 0 unspecified atom stereocenters. The molecule has 0 aliphatic heterocycles. The van der Waals surface area contributed by atoms with Crippen LogP contribution in [0.25, 0.3) is 27.8 Å². The Bertz CT molecular complexity index is 1100. The fourth-order valence-electron chi connectivity index (χ4n) is 3.23. The lowest BCUT2D eigenvalue weighted by Crippen LogP contribution is -2.02. The summed E-state index contributed by atoms with van der Waals surface area (Å²) in [5, 5.41) is 9.50. The van der Waals surface area contributed by atoms with Gasteiger partial charge in [-0.1, -0.05) is 42.5 Å². The van der Waals surface area contributed by atoms with Gasteiger partial charge in [0, 0.05) is 0 Å². The number of carboxylic acids is 1. The quantitative estimate of drug-likeness (QED) is 0.593. The van der Waals surface area contributed by atoms with Crippen molar-refractivity contribution in [3.63, 3.8) is 0 Å². The van der Waals surface area contributed by atoms with Crippen LogP contribution < -0.4 is 0 Å². The van der Waals surface area contributed by atoms with Crippen molar-refractivity contribution in [1.82, 2.24) is 9.55 Å². The predicted octanol–water partition coefficient (Wildman–Crippen LogP) is 4.70. The van der Waals surface area contributed by atoms with Gasteiger partial charge in [0.2, 0.25) is 0 Å². The topological polar surface area (TPSA) is 55.1 Å². The van der Waals surface area contributed by atoms with Crippen molar-refractivity contribution in [1.29, 1.82) is 0 Å². The van der Waals surface area contributed by atoms with Crippen molar-refractivity contribution in [3.8, 4) is 16.8 Å². The second kappa shape index (κ2) is 5.91. The first-order chi connectivity index (χ1) is 12.2. The molecule has 0 saturated heterocycles. The second-order valence-electron chi connectivity index (χ2n) is 5.90. The van der Waals surface area contributed by atoms with E-state index in [1.807, 2.05) is 66.1 Å². The van der Waals surface area contributed by atoms with E-state index in [-0.39, 0.29) is 0 Å². The first-order valence-corrected chi connectivity index (χ1v) is 8.01. The summed E-state index contributed by atoms with van der Waals surface area (Å²) in [4.78, 5) is 16.0. The number of carboxylic acid groups (broad SMARTS) is 1. The summed E-state index contributed by atoms with van der Waals surface area (Å²) < 4.78 is 2.04. The number of fused-ring (bicyclic) bond motifs is 1. The Hall–Kier alpha value is -3.40. The van der Waals surface area contributed by atoms with E-state index in [1.165, 1.54) is 0 Å². The lowest BCUT2D eigenvalue weighted by Gasteiger charge is -2.14. The lowest BCUT2D eigenvalue weighted by molar-refractivity contribution is 0.0697. The standard InChI is InChI=1S/C21H16N2O2/c1-14-15(16-7-2-3-8-17(16)21(24)25)9-6-12-19(14)23-13-22-18-10-4-5-11-20(18)23/h2-13H,1H3,(H,24,25). The zero-order chi connectivity index (χ0) is 17.4. The molecule has 0 spiro atoms. The minimum Gasteiger partial charge on any atom is -0.478 e. The van der Waals surface area contributed by atoms with E-state index in [2.05, 4.69) is 4.98 Å². The number of hydrogen-bond donors (Lipinski definition) is 1. The van der Waals surface area contributed by atoms with Gasteiger partial charge in [0.15, 0.2) is 0 Å². The molecule has 4 heteroatoms. The smallest absolute Gasteiger partial charge is 0.336 e. The molecule has 0 atom stereocenters. The number of aromatic carboxylic acids is 1. The van der Waals surface area contributed by atoms with Gasteiger partial charge in [0.25, 0.3) is 0 Å². The maximum absolute atomic E-state index is 11.6. The summed E-state index contributed by atoms with van der Waals surface area (Å²) in [6.45, 7) is 2.01. The first kappa shape index (κ1) is 15.1. The normalized spacial score (nSPS) is 10.9. The molecule has 1 N–H and O–H groups in total. The number of aromatic nitrogens is 2. The average molecular weight is 328 g/mol. The van der Waals surface area contributed by atoms with Crippen LogP contribution in [0.5, 0.6) is 0 Å². The molecule has 1 heterocycles. The Morgan fingerprint density at radius 1 is 0.920 bits per heavy atom. The number of para-hydroxylation sites is 2. The molecule has 4 rings (SSSR count). The lowest BCUT2D eigenvalue weighted by atomic mass is 9.95. The molecule has 3 aromatic carbocycles. The molecular formula is C21H16N2O2. The zero-order valence-electron chi connectivity index (χ0n) is 13.7. The molecular weight excluding hydrogens is 312 g/mol. The van der Waals surface area contributed by atoms with E-state index in [1.54, 1.807) is 18.5 Å². The van der Waals surface area contributed by atoms with Gasteiger partial charge < -0.3 is 5.11 Å². The van der Waals surface area contributed by atoms with E-state index in [0.717, 1.165) is 33.4 Å². The van der Waals surface area contributed by atoms with Crippen molar-refractivity contribution >= 4 is 17.0 Å². The number of benzene rings is 3. The number of hydrogen-bond acceptors (Lipinski definition) is 2. The summed E-state index contributed by atoms with van der Waals surface area (Å²) in [5.41, 5.74) is 5.89. The third-order valence-electron chi connectivity index (χ3n) is 4.47. The van der Waals surface area contributed by atoms with Crippen LogP contribution in [0, 0.1) is 6.92 Å². The third-order valence-corrected chi connectivity index (χ3v) is 4.47. The van der Waals surface area contributed by atoms with Crippen molar-refractivity contribution in [3.05, 3.63) is 84.2 Å². The summed E-state index contributed by atoms with van der Waals surface area (Å²) in [6.07, 6.45) is 1.81. The molecule has 4 aromatic rings. The van der Waals surface area contributed by atoms with Gasteiger partial charge >= 0.3 is 5.97 Å². The first-order valence-electron chi connectivity index (χ1n) is 8.01. The molecule has 4 nitrogen and oxygen atoms in total. The van der Waals surface area contributed by atoms with Crippen LogP contribution in [0.3, 0.4) is 0 Å². The summed E-state index contributed by atoms with van der Waals surface area (Å²) in [5.74, 6) is -0.923. The Balaban J connectivity index is 1.95. The van der Waals surface area contributed by atoms with Crippen molar-refractivity contribution in [2.75, 3.05) is 0 Å². The maximum Gasteiger partial charge on any atom is 0.336 e. The van der Waals surface area contributed by atoms with Crippen molar-refractivity contribution in [2.24, 2.45) is 0 Å². The Morgan fingerprint density at radius 2 is 1.64 bits per heavy atom. The van der Waals surface area contributed by atoms with E-state index in [0.29, 0.717) is 5.56 Å². The molecule has 0 fully saturated rings. The van der Waals surface area contributed by atoms with E-state index >= 15 is 0 Å². The maximum atomic E-state index is 11.6. The monoisotopic (exact) mass is 328 g/mol. The Morgan fingerprint density at radius 3 is 2.48 bits per heavy atom. The van der Waals surface area contributed by atoms with Gasteiger partial charge in [0.05, 0.1) is 22.3 Å². The fraction of sp³-hybridized carbons (Fsp3) is 0.0476. The molecule has 0 aliphatic rings. The number of imidazole rings is 1. The average Bonchev–Trinajstić information content (AvgIpc) is 3.06. The highest BCUT2D eigenvalue weighted by Crippen LogP contribution is 2.31. The zero-order valence-corrected chi connectivity index (χ0v) is 13.7. The summed E-state index contributed by atoms with van der Waals surface area (Å²) in [6, 6.07) is 21.0. The molecule has 1 aromatic heterocycles. The minimum absolute atomic E-state index is 0.304. The SMILES string of the molecule is Cc1c(-c2ccccc2C(=O)O)cccc1-n1cnc2ccccc21. The van der Waals surface area contributed by atoms with Crippen LogP contribution in [-0.2, 0) is 0 Å². The molecule has 25 heavy (non-hydrogen) atoms. The van der Waals surface area contributed by atoms with Crippen LogP contribution in [0.4, 0.5) is 0 Å². The number of carbonyl (C=O) groups is 1. The van der Waals surface area contributed by atoms with Gasteiger partial charge in [0.1, 0.15) is 6.33 Å². The van der Waals surface area contributed by atoms with Crippen LogP contribution in [0.2, 0.25) is 0 Å². The van der Waals surface area contributed by atoms with Gasteiger partial charge in [-0.05, 0) is 47.9 Å².